The zero-order valence-corrected chi connectivity index (χ0v) is 6.85. The third-order valence-corrected chi connectivity index (χ3v) is 3.19. The largest absolute Gasteiger partial charge is 0.316 e. The van der Waals surface area contributed by atoms with Gasteiger partial charge >= 0.3 is 0 Å². The highest BCUT2D eigenvalue weighted by atomic mass is 15.2. The first-order valence-corrected chi connectivity index (χ1v) is 4.13. The van der Waals surface area contributed by atoms with Crippen molar-refractivity contribution in [3.8, 4) is 0 Å². The zero-order chi connectivity index (χ0) is 7.19. The van der Waals surface area contributed by atoms with Crippen LogP contribution in [-0.2, 0) is 0 Å². The van der Waals surface area contributed by atoms with E-state index in [0.717, 1.165) is 6.04 Å². The van der Waals surface area contributed by atoms with Crippen molar-refractivity contribution >= 4 is 0 Å². The van der Waals surface area contributed by atoms with Gasteiger partial charge in [0.15, 0.2) is 0 Å². The van der Waals surface area contributed by atoms with Gasteiger partial charge in [0, 0.05) is 24.5 Å². The molecule has 2 aliphatic rings. The first kappa shape index (κ1) is 6.62. The number of nitrogens with one attached hydrogen (secondary N) is 1. The van der Waals surface area contributed by atoms with Gasteiger partial charge in [-0.2, -0.15) is 0 Å². The van der Waals surface area contributed by atoms with Crippen LogP contribution in [0.1, 0.15) is 12.8 Å². The molecule has 1 spiro atoms. The van der Waals surface area contributed by atoms with E-state index in [1.54, 1.807) is 0 Å². The zero-order valence-electron chi connectivity index (χ0n) is 6.85. The van der Waals surface area contributed by atoms with Crippen molar-refractivity contribution in [3.63, 3.8) is 0 Å². The van der Waals surface area contributed by atoms with Gasteiger partial charge in [-0.1, -0.05) is 0 Å². The highest BCUT2D eigenvalue weighted by Crippen LogP contribution is 2.47. The Morgan fingerprint density at radius 1 is 1.50 bits per heavy atom. The van der Waals surface area contributed by atoms with E-state index < -0.39 is 0 Å². The summed E-state index contributed by atoms with van der Waals surface area (Å²) in [6.45, 7) is 2.64. The molecule has 0 aromatic rings. The van der Waals surface area contributed by atoms with E-state index >= 15 is 0 Å². The Morgan fingerprint density at radius 2 is 2.20 bits per heavy atom. The molecule has 1 N–H and O–H groups in total. The van der Waals surface area contributed by atoms with Crippen LogP contribution in [0.4, 0.5) is 0 Å². The lowest BCUT2D eigenvalue weighted by Crippen LogP contribution is -2.68. The van der Waals surface area contributed by atoms with Crippen molar-refractivity contribution in [2.75, 3.05) is 27.2 Å². The van der Waals surface area contributed by atoms with Crippen molar-refractivity contribution in [1.82, 2.24) is 10.2 Å². The Balaban J connectivity index is 1.93. The summed E-state index contributed by atoms with van der Waals surface area (Å²) in [5.74, 6) is 0. The number of hydrogen-bond acceptors (Lipinski definition) is 2. The van der Waals surface area contributed by atoms with Gasteiger partial charge in [-0.15, -0.1) is 0 Å². The standard InChI is InChI=1S/C8H16N2/c1-9-7-3-4-8(7)5-10(2)6-8/h7,9H,3-6H2,1-2H3/t7-/m0/s1. The van der Waals surface area contributed by atoms with E-state index in [2.05, 4.69) is 24.3 Å². The van der Waals surface area contributed by atoms with E-state index in [-0.39, 0.29) is 0 Å². The molecule has 1 aliphatic carbocycles. The van der Waals surface area contributed by atoms with Crippen molar-refractivity contribution in [2.24, 2.45) is 5.41 Å². The molecule has 1 aliphatic heterocycles. The lowest BCUT2D eigenvalue weighted by Gasteiger charge is -2.60. The molecule has 1 saturated heterocycles. The van der Waals surface area contributed by atoms with Crippen molar-refractivity contribution in [2.45, 2.75) is 18.9 Å². The van der Waals surface area contributed by atoms with Crippen LogP contribution in [0, 0.1) is 5.41 Å². The van der Waals surface area contributed by atoms with E-state index in [9.17, 15) is 0 Å². The van der Waals surface area contributed by atoms with Crippen LogP contribution in [0.15, 0.2) is 0 Å². The minimum Gasteiger partial charge on any atom is -0.316 e. The summed E-state index contributed by atoms with van der Waals surface area (Å²) in [4.78, 5) is 2.41. The maximum absolute atomic E-state index is 3.39. The van der Waals surface area contributed by atoms with Gasteiger partial charge in [-0.05, 0) is 26.9 Å². The van der Waals surface area contributed by atoms with Gasteiger partial charge in [0.1, 0.15) is 0 Å². The summed E-state index contributed by atoms with van der Waals surface area (Å²) in [6, 6.07) is 0.823. The fraction of sp³-hybridized carbons (Fsp3) is 1.00. The van der Waals surface area contributed by atoms with Gasteiger partial charge in [0.25, 0.3) is 0 Å². The van der Waals surface area contributed by atoms with E-state index in [1.165, 1.54) is 25.9 Å². The molecular weight excluding hydrogens is 124 g/mol. The Morgan fingerprint density at radius 3 is 2.50 bits per heavy atom. The van der Waals surface area contributed by atoms with Crippen LogP contribution in [0.2, 0.25) is 0 Å². The SMILES string of the molecule is CN[C@H]1CCC12CN(C)C2. The molecule has 2 heteroatoms. The van der Waals surface area contributed by atoms with E-state index in [0.29, 0.717) is 5.41 Å². The molecule has 0 bridgehead atoms. The average molecular weight is 140 g/mol. The van der Waals surface area contributed by atoms with Gasteiger partial charge < -0.3 is 10.2 Å². The highest BCUT2D eigenvalue weighted by Gasteiger charge is 2.52. The summed E-state index contributed by atoms with van der Waals surface area (Å²) in [5, 5.41) is 3.39. The van der Waals surface area contributed by atoms with Crippen LogP contribution in [-0.4, -0.2) is 38.1 Å². The molecule has 0 aromatic heterocycles. The van der Waals surface area contributed by atoms with Crippen molar-refractivity contribution in [3.05, 3.63) is 0 Å². The quantitative estimate of drug-likeness (QED) is 0.563. The molecule has 1 atom stereocenters. The third kappa shape index (κ3) is 0.663. The second-order valence-corrected chi connectivity index (χ2v) is 3.91. The topological polar surface area (TPSA) is 15.3 Å². The number of likely N-dealkylation sites (tertiary alicyclic amines) is 1. The summed E-state index contributed by atoms with van der Waals surface area (Å²) >= 11 is 0. The molecule has 10 heavy (non-hydrogen) atoms. The lowest BCUT2D eigenvalue weighted by atomic mass is 9.60. The molecule has 2 rings (SSSR count). The van der Waals surface area contributed by atoms with E-state index in [4.69, 9.17) is 0 Å². The van der Waals surface area contributed by atoms with Crippen molar-refractivity contribution < 1.29 is 0 Å². The molecule has 1 heterocycles. The summed E-state index contributed by atoms with van der Waals surface area (Å²) in [5.41, 5.74) is 0.698. The van der Waals surface area contributed by atoms with Crippen LogP contribution < -0.4 is 5.32 Å². The number of nitrogens with zero attached hydrogens (tertiary/aromatic N) is 1. The molecule has 0 unspecified atom stereocenters. The molecule has 2 fully saturated rings. The lowest BCUT2D eigenvalue weighted by molar-refractivity contribution is -0.0742. The molecule has 58 valence electrons. The van der Waals surface area contributed by atoms with Gasteiger partial charge in [-0.3, -0.25) is 0 Å². The Bertz CT molecular complexity index is 136. The highest BCUT2D eigenvalue weighted by molar-refractivity contribution is 5.08. The number of rotatable bonds is 1. The van der Waals surface area contributed by atoms with Crippen LogP contribution >= 0.6 is 0 Å². The molecule has 0 radical (unpaired) electrons. The molecule has 0 aromatic carbocycles. The number of hydrogen-bond donors (Lipinski definition) is 1. The Labute approximate surface area is 62.6 Å². The fourth-order valence-corrected chi connectivity index (χ4v) is 2.55. The minimum absolute atomic E-state index is 0.698. The predicted octanol–water partition coefficient (Wildman–Crippen LogP) is 0.300. The first-order valence-electron chi connectivity index (χ1n) is 4.13. The summed E-state index contributed by atoms with van der Waals surface area (Å²) < 4.78 is 0. The predicted molar refractivity (Wildman–Crippen MR) is 42.0 cm³/mol. The second kappa shape index (κ2) is 1.95. The molecule has 1 saturated carbocycles. The van der Waals surface area contributed by atoms with Crippen molar-refractivity contribution in [1.29, 1.82) is 0 Å². The maximum Gasteiger partial charge on any atom is 0.0145 e. The van der Waals surface area contributed by atoms with Crippen LogP contribution in [0.25, 0.3) is 0 Å². The monoisotopic (exact) mass is 140 g/mol. The smallest absolute Gasteiger partial charge is 0.0145 e. The maximum atomic E-state index is 3.39. The third-order valence-electron chi connectivity index (χ3n) is 3.19. The fourth-order valence-electron chi connectivity index (χ4n) is 2.55. The molecule has 0 amide bonds. The van der Waals surface area contributed by atoms with Gasteiger partial charge in [-0.25, -0.2) is 0 Å². The van der Waals surface area contributed by atoms with E-state index in [1.807, 2.05) is 0 Å². The molecular formula is C8H16N2. The van der Waals surface area contributed by atoms with Crippen LogP contribution in [0.5, 0.6) is 0 Å². The van der Waals surface area contributed by atoms with Crippen LogP contribution in [0.3, 0.4) is 0 Å². The second-order valence-electron chi connectivity index (χ2n) is 3.91. The summed E-state index contributed by atoms with van der Waals surface area (Å²) in [7, 11) is 4.29. The Hall–Kier alpha value is -0.0800. The molecule has 2 nitrogen and oxygen atoms in total. The van der Waals surface area contributed by atoms with Gasteiger partial charge in [0.2, 0.25) is 0 Å². The Kier molecular flexibility index (Phi) is 1.29. The normalized spacial score (nSPS) is 37.2. The summed E-state index contributed by atoms with van der Waals surface area (Å²) in [6.07, 6.45) is 2.84. The van der Waals surface area contributed by atoms with Gasteiger partial charge in [0.05, 0.1) is 0 Å². The first-order chi connectivity index (χ1) is 4.77. The average Bonchev–Trinajstić information content (AvgIpc) is 1.79. The minimum atomic E-state index is 0.698.